The number of methoxy groups -OCH3 is 3. The van der Waals surface area contributed by atoms with Gasteiger partial charge >= 0.3 is 6.03 Å². The molecule has 2 aromatic carbocycles. The summed E-state index contributed by atoms with van der Waals surface area (Å²) in [6.07, 6.45) is 3.34. The standard InChI is InChI=1S/C18H20N2O4/c1-22-14-6-4-13(5-7-14)10-11-19-18(21)20-16-12-15(23-2)8-9-17(16)24-3/h4-12H,1-3H3,(H2,19,20,21)/b11-10+. The molecule has 2 N–H and O–H groups in total. The summed E-state index contributed by atoms with van der Waals surface area (Å²) >= 11 is 0. The van der Waals surface area contributed by atoms with Gasteiger partial charge in [0.05, 0.1) is 27.0 Å². The van der Waals surface area contributed by atoms with Crippen molar-refractivity contribution in [2.24, 2.45) is 0 Å². The van der Waals surface area contributed by atoms with Crippen LogP contribution in [0.2, 0.25) is 0 Å². The van der Waals surface area contributed by atoms with Gasteiger partial charge in [-0.05, 0) is 35.9 Å². The molecule has 0 radical (unpaired) electrons. The molecule has 6 nitrogen and oxygen atoms in total. The predicted molar refractivity (Wildman–Crippen MR) is 93.7 cm³/mol. The van der Waals surface area contributed by atoms with Crippen molar-refractivity contribution in [3.63, 3.8) is 0 Å². The monoisotopic (exact) mass is 328 g/mol. The van der Waals surface area contributed by atoms with Crippen LogP contribution in [0.15, 0.2) is 48.7 Å². The molecule has 2 rings (SSSR count). The first-order chi connectivity index (χ1) is 11.7. The summed E-state index contributed by atoms with van der Waals surface area (Å²) in [5, 5.41) is 5.35. The van der Waals surface area contributed by atoms with E-state index in [2.05, 4.69) is 10.6 Å². The Labute approximate surface area is 141 Å². The second-order valence-electron chi connectivity index (χ2n) is 4.77. The summed E-state index contributed by atoms with van der Waals surface area (Å²) in [6.45, 7) is 0. The summed E-state index contributed by atoms with van der Waals surface area (Å²) < 4.78 is 15.4. The maximum Gasteiger partial charge on any atom is 0.323 e. The number of anilines is 1. The number of benzene rings is 2. The molecule has 0 aliphatic rings. The van der Waals surface area contributed by atoms with Gasteiger partial charge in [-0.3, -0.25) is 0 Å². The van der Waals surface area contributed by atoms with Crippen molar-refractivity contribution < 1.29 is 19.0 Å². The lowest BCUT2D eigenvalue weighted by atomic mass is 10.2. The zero-order valence-electron chi connectivity index (χ0n) is 13.8. The third kappa shape index (κ3) is 4.67. The number of hydrogen-bond donors (Lipinski definition) is 2. The number of amides is 2. The van der Waals surface area contributed by atoms with Gasteiger partial charge in [0.1, 0.15) is 17.2 Å². The average molecular weight is 328 g/mol. The number of carbonyl (C=O) groups is 1. The minimum Gasteiger partial charge on any atom is -0.497 e. The summed E-state index contributed by atoms with van der Waals surface area (Å²) in [7, 11) is 4.71. The fraction of sp³-hybridized carbons (Fsp3) is 0.167. The number of ether oxygens (including phenoxy) is 3. The van der Waals surface area contributed by atoms with E-state index in [1.807, 2.05) is 24.3 Å². The van der Waals surface area contributed by atoms with Crippen molar-refractivity contribution in [3.8, 4) is 17.2 Å². The zero-order chi connectivity index (χ0) is 17.4. The minimum atomic E-state index is -0.383. The molecule has 0 atom stereocenters. The molecule has 0 heterocycles. The van der Waals surface area contributed by atoms with Gasteiger partial charge in [0.25, 0.3) is 0 Å². The fourth-order valence-electron chi connectivity index (χ4n) is 2.00. The Bertz CT molecular complexity index is 711. The van der Waals surface area contributed by atoms with Gasteiger partial charge < -0.3 is 24.8 Å². The molecule has 0 saturated heterocycles. The molecule has 24 heavy (non-hydrogen) atoms. The van der Waals surface area contributed by atoms with Gasteiger partial charge in [0.15, 0.2) is 0 Å². The maximum atomic E-state index is 12.0. The molecule has 126 valence electrons. The Morgan fingerprint density at radius 3 is 2.21 bits per heavy atom. The van der Waals surface area contributed by atoms with E-state index >= 15 is 0 Å². The Balaban J connectivity index is 1.96. The van der Waals surface area contributed by atoms with Gasteiger partial charge in [-0.25, -0.2) is 4.79 Å². The van der Waals surface area contributed by atoms with E-state index in [-0.39, 0.29) is 6.03 Å². The lowest BCUT2D eigenvalue weighted by molar-refractivity contribution is 0.255. The van der Waals surface area contributed by atoms with E-state index in [0.29, 0.717) is 17.2 Å². The summed E-state index contributed by atoms with van der Waals surface area (Å²) in [5.41, 5.74) is 1.46. The van der Waals surface area contributed by atoms with Crippen molar-refractivity contribution in [1.29, 1.82) is 0 Å². The molecule has 0 bridgehead atoms. The van der Waals surface area contributed by atoms with Gasteiger partial charge in [-0.2, -0.15) is 0 Å². The van der Waals surface area contributed by atoms with Crippen LogP contribution in [-0.2, 0) is 0 Å². The van der Waals surface area contributed by atoms with E-state index in [0.717, 1.165) is 11.3 Å². The maximum absolute atomic E-state index is 12.0. The van der Waals surface area contributed by atoms with Crippen LogP contribution in [0.5, 0.6) is 17.2 Å². The second-order valence-corrected chi connectivity index (χ2v) is 4.77. The van der Waals surface area contributed by atoms with Gasteiger partial charge in [-0.15, -0.1) is 0 Å². The predicted octanol–water partition coefficient (Wildman–Crippen LogP) is 3.50. The summed E-state index contributed by atoms with van der Waals surface area (Å²) in [5.74, 6) is 1.95. The SMILES string of the molecule is COc1ccc(/C=C/NC(=O)Nc2cc(OC)ccc2OC)cc1. The highest BCUT2D eigenvalue weighted by Gasteiger charge is 2.07. The Morgan fingerprint density at radius 1 is 0.917 bits per heavy atom. The molecule has 0 aliphatic heterocycles. The van der Waals surface area contributed by atoms with E-state index in [1.54, 1.807) is 44.7 Å². The third-order valence-corrected chi connectivity index (χ3v) is 3.26. The average Bonchev–Trinajstić information content (AvgIpc) is 2.62. The Kier molecular flexibility index (Phi) is 6.08. The fourth-order valence-corrected chi connectivity index (χ4v) is 2.00. The first-order valence-corrected chi connectivity index (χ1v) is 7.26. The Hall–Kier alpha value is -3.15. The summed E-state index contributed by atoms with van der Waals surface area (Å²) in [4.78, 5) is 12.0. The minimum absolute atomic E-state index is 0.383. The molecule has 6 heteroatoms. The largest absolute Gasteiger partial charge is 0.497 e. The van der Waals surface area contributed by atoms with Crippen LogP contribution in [-0.4, -0.2) is 27.4 Å². The van der Waals surface area contributed by atoms with Crippen molar-refractivity contribution in [1.82, 2.24) is 5.32 Å². The van der Waals surface area contributed by atoms with E-state index in [1.165, 1.54) is 7.11 Å². The second kappa shape index (κ2) is 8.47. The molecule has 2 amide bonds. The van der Waals surface area contributed by atoms with Crippen LogP contribution in [0.3, 0.4) is 0 Å². The van der Waals surface area contributed by atoms with Crippen LogP contribution in [0.4, 0.5) is 10.5 Å². The van der Waals surface area contributed by atoms with Gasteiger partial charge in [0, 0.05) is 12.3 Å². The first kappa shape index (κ1) is 17.2. The molecular formula is C18H20N2O4. The van der Waals surface area contributed by atoms with Crippen LogP contribution in [0, 0.1) is 0 Å². The van der Waals surface area contributed by atoms with Crippen LogP contribution in [0.1, 0.15) is 5.56 Å². The number of carbonyl (C=O) groups excluding carboxylic acids is 1. The molecular weight excluding hydrogens is 308 g/mol. The van der Waals surface area contributed by atoms with E-state index < -0.39 is 0 Å². The normalized spacial score (nSPS) is 10.3. The van der Waals surface area contributed by atoms with Crippen molar-refractivity contribution >= 4 is 17.8 Å². The van der Waals surface area contributed by atoms with Crippen molar-refractivity contribution in [2.45, 2.75) is 0 Å². The molecule has 0 aromatic heterocycles. The molecule has 0 saturated carbocycles. The van der Waals surface area contributed by atoms with Crippen molar-refractivity contribution in [3.05, 3.63) is 54.2 Å². The number of urea groups is 1. The quantitative estimate of drug-likeness (QED) is 0.851. The Morgan fingerprint density at radius 2 is 1.58 bits per heavy atom. The third-order valence-electron chi connectivity index (χ3n) is 3.26. The number of hydrogen-bond acceptors (Lipinski definition) is 4. The molecule has 0 spiro atoms. The van der Waals surface area contributed by atoms with Gasteiger partial charge in [-0.1, -0.05) is 12.1 Å². The molecule has 0 fully saturated rings. The summed E-state index contributed by atoms with van der Waals surface area (Å²) in [6, 6.07) is 12.3. The molecule has 2 aromatic rings. The van der Waals surface area contributed by atoms with Gasteiger partial charge in [0.2, 0.25) is 0 Å². The van der Waals surface area contributed by atoms with Crippen LogP contribution < -0.4 is 24.8 Å². The van der Waals surface area contributed by atoms with Crippen LogP contribution >= 0.6 is 0 Å². The highest BCUT2D eigenvalue weighted by molar-refractivity contribution is 5.92. The van der Waals surface area contributed by atoms with E-state index in [4.69, 9.17) is 14.2 Å². The molecule has 0 unspecified atom stereocenters. The highest BCUT2D eigenvalue weighted by Crippen LogP contribution is 2.28. The first-order valence-electron chi connectivity index (χ1n) is 7.26. The highest BCUT2D eigenvalue weighted by atomic mass is 16.5. The lowest BCUT2D eigenvalue weighted by Crippen LogP contribution is -2.24. The number of nitrogens with one attached hydrogen (secondary N) is 2. The topological polar surface area (TPSA) is 68.8 Å². The smallest absolute Gasteiger partial charge is 0.323 e. The van der Waals surface area contributed by atoms with Crippen LogP contribution in [0.25, 0.3) is 6.08 Å². The lowest BCUT2D eigenvalue weighted by Gasteiger charge is -2.11. The van der Waals surface area contributed by atoms with E-state index in [9.17, 15) is 4.79 Å². The molecule has 0 aliphatic carbocycles. The van der Waals surface area contributed by atoms with Crippen molar-refractivity contribution in [2.75, 3.05) is 26.6 Å². The number of rotatable bonds is 6. The zero-order valence-corrected chi connectivity index (χ0v) is 13.8.